The summed E-state index contributed by atoms with van der Waals surface area (Å²) in [5, 5.41) is 11.3. The number of hydrogen-bond donors (Lipinski definition) is 1. The van der Waals surface area contributed by atoms with E-state index < -0.39 is 12.0 Å². The summed E-state index contributed by atoms with van der Waals surface area (Å²) < 4.78 is 1.16. The Morgan fingerprint density at radius 3 is 2.95 bits per heavy atom. The smallest absolute Gasteiger partial charge is 0.320 e. The molecule has 2 heterocycles. The van der Waals surface area contributed by atoms with Gasteiger partial charge in [-0.3, -0.25) is 9.69 Å². The molecule has 0 aliphatic carbocycles. The lowest BCUT2D eigenvalue weighted by Gasteiger charge is -2.35. The molecule has 0 amide bonds. The number of hydrogen-bond acceptors (Lipinski definition) is 3. The van der Waals surface area contributed by atoms with Gasteiger partial charge in [-0.05, 0) is 31.4 Å². The molecular formula is C16H18ClNO2S. The zero-order valence-corrected chi connectivity index (χ0v) is 13.5. The zero-order chi connectivity index (χ0) is 15.0. The van der Waals surface area contributed by atoms with E-state index in [0.29, 0.717) is 12.5 Å². The number of nitrogens with zero attached hydrogens (tertiary/aromatic N) is 1. The lowest BCUT2D eigenvalue weighted by molar-refractivity contribution is -0.145. The number of likely N-dealkylation sites (tertiary alicyclic amines) is 1. The van der Waals surface area contributed by atoms with Crippen LogP contribution in [0.5, 0.6) is 0 Å². The van der Waals surface area contributed by atoms with E-state index in [9.17, 15) is 9.90 Å². The average molecular weight is 324 g/mol. The highest BCUT2D eigenvalue weighted by molar-refractivity contribution is 7.19. The van der Waals surface area contributed by atoms with E-state index in [1.807, 2.05) is 18.2 Å². The van der Waals surface area contributed by atoms with Crippen LogP contribution in [0, 0.1) is 5.92 Å². The number of carboxylic acid groups (broad SMARTS) is 1. The largest absolute Gasteiger partial charge is 0.480 e. The summed E-state index contributed by atoms with van der Waals surface area (Å²) in [5.74, 6) is -0.251. The van der Waals surface area contributed by atoms with Crippen LogP contribution in [-0.4, -0.2) is 28.6 Å². The Balaban J connectivity index is 1.86. The Morgan fingerprint density at radius 1 is 1.48 bits per heavy atom. The fraction of sp³-hybridized carbons (Fsp3) is 0.438. The molecule has 21 heavy (non-hydrogen) atoms. The highest BCUT2D eigenvalue weighted by atomic mass is 35.5. The van der Waals surface area contributed by atoms with Gasteiger partial charge in [0, 0.05) is 21.5 Å². The molecule has 0 bridgehead atoms. The summed E-state index contributed by atoms with van der Waals surface area (Å²) in [5.41, 5.74) is 0. The Hall–Kier alpha value is -1.10. The number of thiophene rings is 1. The number of benzene rings is 1. The molecule has 1 aromatic carbocycles. The van der Waals surface area contributed by atoms with Gasteiger partial charge >= 0.3 is 5.97 Å². The topological polar surface area (TPSA) is 40.5 Å². The lowest BCUT2D eigenvalue weighted by Crippen LogP contribution is -2.46. The van der Waals surface area contributed by atoms with Crippen LogP contribution >= 0.6 is 22.9 Å². The van der Waals surface area contributed by atoms with Gasteiger partial charge in [0.15, 0.2) is 0 Å². The van der Waals surface area contributed by atoms with Crippen LogP contribution in [0.1, 0.15) is 24.6 Å². The number of rotatable bonds is 3. The van der Waals surface area contributed by atoms with Crippen molar-refractivity contribution in [1.29, 1.82) is 0 Å². The van der Waals surface area contributed by atoms with Crippen molar-refractivity contribution in [3.8, 4) is 0 Å². The number of halogens is 1. The average Bonchev–Trinajstić information content (AvgIpc) is 2.78. The molecule has 2 aromatic rings. The van der Waals surface area contributed by atoms with Crippen LogP contribution in [0.3, 0.4) is 0 Å². The van der Waals surface area contributed by atoms with E-state index in [-0.39, 0.29) is 0 Å². The molecule has 3 nitrogen and oxygen atoms in total. The van der Waals surface area contributed by atoms with Crippen molar-refractivity contribution in [2.24, 2.45) is 5.92 Å². The Morgan fingerprint density at radius 2 is 2.24 bits per heavy atom. The van der Waals surface area contributed by atoms with E-state index in [4.69, 9.17) is 11.6 Å². The zero-order valence-electron chi connectivity index (χ0n) is 11.9. The molecule has 0 saturated carbocycles. The number of aliphatic carboxylic acids is 1. The van der Waals surface area contributed by atoms with Crippen LogP contribution in [0.2, 0.25) is 5.02 Å². The predicted octanol–water partition coefficient (Wildman–Crippen LogP) is 4.24. The first-order valence-corrected chi connectivity index (χ1v) is 8.38. The third kappa shape index (κ3) is 2.93. The van der Waals surface area contributed by atoms with Crippen molar-refractivity contribution in [3.63, 3.8) is 0 Å². The van der Waals surface area contributed by atoms with Crippen LogP contribution in [0.15, 0.2) is 24.3 Å². The minimum atomic E-state index is -0.723. The first-order chi connectivity index (χ1) is 10.1. The van der Waals surface area contributed by atoms with Crippen molar-refractivity contribution >= 4 is 39.0 Å². The molecule has 3 rings (SSSR count). The van der Waals surface area contributed by atoms with Crippen LogP contribution in [0.25, 0.3) is 10.1 Å². The number of fused-ring (bicyclic) bond motifs is 1. The van der Waals surface area contributed by atoms with E-state index in [1.54, 1.807) is 11.3 Å². The third-order valence-corrected chi connectivity index (χ3v) is 5.91. The second-order valence-corrected chi connectivity index (χ2v) is 7.30. The highest BCUT2D eigenvalue weighted by Gasteiger charge is 2.32. The second-order valence-electron chi connectivity index (χ2n) is 5.79. The molecule has 112 valence electrons. The van der Waals surface area contributed by atoms with Gasteiger partial charge in [-0.15, -0.1) is 11.3 Å². The van der Waals surface area contributed by atoms with Crippen molar-refractivity contribution < 1.29 is 9.90 Å². The molecule has 1 N–H and O–H groups in total. The van der Waals surface area contributed by atoms with E-state index in [0.717, 1.165) is 39.4 Å². The van der Waals surface area contributed by atoms with E-state index >= 15 is 0 Å². The van der Waals surface area contributed by atoms with Crippen LogP contribution in [0.4, 0.5) is 0 Å². The Labute approximate surface area is 133 Å². The Bertz CT molecular complexity index is 669. The summed E-state index contributed by atoms with van der Waals surface area (Å²) in [6.45, 7) is 3.57. The van der Waals surface area contributed by atoms with Gasteiger partial charge in [-0.25, -0.2) is 0 Å². The van der Waals surface area contributed by atoms with Gasteiger partial charge in [0.1, 0.15) is 6.04 Å². The maximum atomic E-state index is 11.5. The van der Waals surface area contributed by atoms with E-state index in [1.165, 1.54) is 0 Å². The van der Waals surface area contributed by atoms with Gasteiger partial charge in [0.25, 0.3) is 0 Å². The van der Waals surface area contributed by atoms with Crippen LogP contribution < -0.4 is 0 Å². The van der Waals surface area contributed by atoms with Crippen molar-refractivity contribution in [2.75, 3.05) is 6.54 Å². The summed E-state index contributed by atoms with van der Waals surface area (Å²) >= 11 is 8.13. The molecule has 1 aliphatic rings. The van der Waals surface area contributed by atoms with Crippen molar-refractivity contribution in [3.05, 3.63) is 34.2 Å². The quantitative estimate of drug-likeness (QED) is 0.918. The predicted molar refractivity (Wildman–Crippen MR) is 87.1 cm³/mol. The number of carbonyl (C=O) groups is 1. The summed E-state index contributed by atoms with van der Waals surface area (Å²) in [6.07, 6.45) is 1.77. The molecule has 1 saturated heterocycles. The molecule has 0 radical (unpaired) electrons. The van der Waals surface area contributed by atoms with Gasteiger partial charge in [-0.2, -0.15) is 0 Å². The maximum Gasteiger partial charge on any atom is 0.320 e. The fourth-order valence-electron chi connectivity index (χ4n) is 2.99. The number of piperidine rings is 1. The number of carboxylic acids is 1. The normalized spacial score (nSPS) is 23.5. The van der Waals surface area contributed by atoms with Crippen molar-refractivity contribution in [2.45, 2.75) is 32.4 Å². The molecule has 1 fully saturated rings. The highest BCUT2D eigenvalue weighted by Crippen LogP contribution is 2.37. The third-order valence-electron chi connectivity index (χ3n) is 4.21. The second kappa shape index (κ2) is 5.95. The molecule has 2 unspecified atom stereocenters. The Kier molecular flexibility index (Phi) is 4.20. The minimum absolute atomic E-state index is 0.393. The molecule has 0 spiro atoms. The lowest BCUT2D eigenvalue weighted by atomic mass is 9.92. The SMILES string of the molecule is CC1CCN(Cc2sc3ccccc3c2Cl)C(C(=O)O)C1. The monoisotopic (exact) mass is 323 g/mol. The summed E-state index contributed by atoms with van der Waals surface area (Å²) in [4.78, 5) is 14.6. The summed E-state index contributed by atoms with van der Waals surface area (Å²) in [7, 11) is 0. The van der Waals surface area contributed by atoms with Gasteiger partial charge in [0.05, 0.1) is 5.02 Å². The molecule has 2 atom stereocenters. The maximum absolute atomic E-state index is 11.5. The van der Waals surface area contributed by atoms with Crippen molar-refractivity contribution in [1.82, 2.24) is 4.90 Å². The molecule has 1 aliphatic heterocycles. The van der Waals surface area contributed by atoms with Gasteiger partial charge in [-0.1, -0.05) is 36.7 Å². The fourth-order valence-corrected chi connectivity index (χ4v) is 4.51. The summed E-state index contributed by atoms with van der Waals surface area (Å²) in [6, 6.07) is 7.66. The van der Waals surface area contributed by atoms with Gasteiger partial charge in [0.2, 0.25) is 0 Å². The van der Waals surface area contributed by atoms with E-state index in [2.05, 4.69) is 17.9 Å². The standard InChI is InChI=1S/C16H18ClNO2S/c1-10-6-7-18(12(8-10)16(19)20)9-14-15(17)11-4-2-3-5-13(11)21-14/h2-5,10,12H,6-9H2,1H3,(H,19,20). The van der Waals surface area contributed by atoms with Gasteiger partial charge < -0.3 is 5.11 Å². The molecular weight excluding hydrogens is 306 g/mol. The first-order valence-electron chi connectivity index (χ1n) is 7.19. The first kappa shape index (κ1) is 14.8. The molecule has 5 heteroatoms. The minimum Gasteiger partial charge on any atom is -0.480 e. The molecule has 1 aromatic heterocycles. The van der Waals surface area contributed by atoms with Crippen LogP contribution in [-0.2, 0) is 11.3 Å².